The third kappa shape index (κ3) is 4.20. The van der Waals surface area contributed by atoms with E-state index in [4.69, 9.17) is 28.6 Å². The first kappa shape index (κ1) is 21.8. The van der Waals surface area contributed by atoms with E-state index in [9.17, 15) is 0 Å². The van der Waals surface area contributed by atoms with Crippen molar-refractivity contribution in [2.45, 2.75) is 43.0 Å². The van der Waals surface area contributed by atoms with E-state index < -0.39 is 21.8 Å². The van der Waals surface area contributed by atoms with Crippen molar-refractivity contribution < 1.29 is 15.8 Å². The molecule has 0 radical (unpaired) electrons. The van der Waals surface area contributed by atoms with E-state index in [0.29, 0.717) is 0 Å². The standard InChI is InChI=1S/C15H10Cl.C4H10N.C2H7Si.2ClH.Zr/c16-15-7-5-11(6-8-15)14-9-12-3-1-2-4-13(12)10-14;1-4(2,3)5;1-3-2;;;/h1-10H;5H,1-3H3;3H,1-2H3;2*1H;/q;-1;;;;+3/p-2. The fourth-order valence-corrected chi connectivity index (χ4v) is 30.9. The number of benzene rings is 2. The molecule has 1 nitrogen and oxygen atoms in total. The molecule has 1 aliphatic rings. The first-order chi connectivity index (χ1) is 12.4. The fourth-order valence-electron chi connectivity index (χ4n) is 4.05. The van der Waals surface area contributed by atoms with Crippen molar-refractivity contribution in [3.63, 3.8) is 0 Å². The number of hydrogen-bond acceptors (Lipinski definition) is 1. The Morgan fingerprint density at radius 1 is 0.963 bits per heavy atom. The second kappa shape index (κ2) is 7.42. The molecule has 1 atom stereocenters. The maximum atomic E-state index is 7.68. The van der Waals surface area contributed by atoms with Crippen LogP contribution in [0.25, 0.3) is 11.6 Å². The molecule has 1 unspecified atom stereocenters. The molecule has 3 rings (SSSR count). The van der Waals surface area contributed by atoms with E-state index in [1.807, 2.05) is 12.1 Å². The predicted molar refractivity (Wildman–Crippen MR) is 122 cm³/mol. The van der Waals surface area contributed by atoms with Gasteiger partial charge in [0.2, 0.25) is 0 Å². The molecule has 0 fully saturated rings. The van der Waals surface area contributed by atoms with Gasteiger partial charge < -0.3 is 0 Å². The van der Waals surface area contributed by atoms with Crippen LogP contribution in [0.2, 0.25) is 18.1 Å². The maximum absolute atomic E-state index is 7.68. The van der Waals surface area contributed by atoms with Crippen LogP contribution in [-0.4, -0.2) is 11.5 Å². The summed E-state index contributed by atoms with van der Waals surface area (Å²) in [5.41, 5.74) is 4.71. The average molecular weight is 519 g/mol. The van der Waals surface area contributed by atoms with Crippen molar-refractivity contribution in [3.8, 4) is 0 Å². The van der Waals surface area contributed by atoms with Gasteiger partial charge in [-0.25, -0.2) is 0 Å². The molecule has 27 heavy (non-hydrogen) atoms. The van der Waals surface area contributed by atoms with Crippen LogP contribution in [0.15, 0.2) is 48.5 Å². The summed E-state index contributed by atoms with van der Waals surface area (Å²) >= 11 is 1.71. The van der Waals surface area contributed by atoms with E-state index in [2.05, 4.69) is 79.6 Å². The minimum atomic E-state index is -4.42. The third-order valence-corrected chi connectivity index (χ3v) is 52.5. The zero-order chi connectivity index (χ0) is 20.1. The molecule has 0 heterocycles. The van der Waals surface area contributed by atoms with Crippen LogP contribution >= 0.6 is 28.6 Å². The Morgan fingerprint density at radius 2 is 1.56 bits per heavy atom. The number of rotatable bonds is 4. The Kier molecular flexibility index (Phi) is 5.99. The molecule has 0 aromatic heterocycles. The molecule has 0 amide bonds. The molecule has 0 saturated carbocycles. The third-order valence-electron chi connectivity index (χ3n) is 5.31. The molecular formula is C21H27Cl3NSiZr. The summed E-state index contributed by atoms with van der Waals surface area (Å²) in [6.07, 6.45) is 2.27. The van der Waals surface area contributed by atoms with Crippen molar-refractivity contribution in [2.75, 3.05) is 0 Å². The van der Waals surface area contributed by atoms with Crippen molar-refractivity contribution in [1.82, 2.24) is 3.26 Å². The van der Waals surface area contributed by atoms with Gasteiger partial charge in [-0.1, -0.05) is 0 Å². The Balaban J connectivity index is 2.25. The molecule has 1 aliphatic carbocycles. The number of fused-ring (bicyclic) bond motifs is 1. The van der Waals surface area contributed by atoms with Gasteiger partial charge >= 0.3 is 179 Å². The van der Waals surface area contributed by atoms with Gasteiger partial charge in [0, 0.05) is 0 Å². The monoisotopic (exact) mass is 516 g/mol. The van der Waals surface area contributed by atoms with Gasteiger partial charge in [-0.15, -0.1) is 0 Å². The summed E-state index contributed by atoms with van der Waals surface area (Å²) in [4.78, 5) is 0. The molecule has 0 spiro atoms. The average Bonchev–Trinajstić information content (AvgIpc) is 2.94. The van der Waals surface area contributed by atoms with Gasteiger partial charge in [0.05, 0.1) is 0 Å². The minimum absolute atomic E-state index is 0.0399. The summed E-state index contributed by atoms with van der Waals surface area (Å²) in [5, 5.41) is 0.735. The van der Waals surface area contributed by atoms with E-state index in [0.717, 1.165) is 10.6 Å². The van der Waals surface area contributed by atoms with E-state index in [1.165, 1.54) is 16.7 Å². The van der Waals surface area contributed by atoms with Gasteiger partial charge in [0.1, 0.15) is 0 Å². The molecule has 145 valence electrons. The Labute approximate surface area is 177 Å². The van der Waals surface area contributed by atoms with Crippen LogP contribution in [0.3, 0.4) is 0 Å². The van der Waals surface area contributed by atoms with E-state index in [-0.39, 0.29) is 9.16 Å². The Bertz CT molecular complexity index is 885. The second-order valence-corrected chi connectivity index (χ2v) is 50.0. The number of nitrogens with one attached hydrogen (secondary N) is 1. The summed E-state index contributed by atoms with van der Waals surface area (Å²) in [5.74, 6) is -1.44. The topological polar surface area (TPSA) is 12.0 Å². The van der Waals surface area contributed by atoms with Crippen LogP contribution in [0.4, 0.5) is 0 Å². The first-order valence-corrected chi connectivity index (χ1v) is 25.9. The van der Waals surface area contributed by atoms with Crippen LogP contribution in [0.5, 0.6) is 0 Å². The van der Waals surface area contributed by atoms with Crippen molar-refractivity contribution >= 4 is 46.2 Å². The normalized spacial score (nSPS) is 18.8. The van der Waals surface area contributed by atoms with E-state index in [1.54, 1.807) is 0 Å². The fraction of sp³-hybridized carbons (Fsp3) is 0.333. The molecule has 0 saturated heterocycles. The second-order valence-electron chi connectivity index (χ2n) is 8.85. The quantitative estimate of drug-likeness (QED) is 0.421. The first-order valence-electron chi connectivity index (χ1n) is 9.35. The predicted octanol–water partition coefficient (Wildman–Crippen LogP) is 7.22. The van der Waals surface area contributed by atoms with Crippen molar-refractivity contribution in [3.05, 3.63) is 70.2 Å². The zero-order valence-electron chi connectivity index (χ0n) is 16.5. The molecule has 0 bridgehead atoms. The Morgan fingerprint density at radius 3 is 2.11 bits per heavy atom. The number of halogens is 3. The molecule has 1 N–H and O–H groups in total. The van der Waals surface area contributed by atoms with Gasteiger partial charge in [-0.05, 0) is 0 Å². The summed E-state index contributed by atoms with van der Waals surface area (Å²) in [7, 11) is 15.4. The molecule has 0 aliphatic heterocycles. The van der Waals surface area contributed by atoms with Crippen molar-refractivity contribution in [1.29, 1.82) is 0 Å². The van der Waals surface area contributed by atoms with Gasteiger partial charge in [0.25, 0.3) is 0 Å². The summed E-state index contributed by atoms with van der Waals surface area (Å²) < 4.78 is 3.88. The van der Waals surface area contributed by atoms with Crippen LogP contribution < -0.4 is 3.26 Å². The van der Waals surface area contributed by atoms with Crippen LogP contribution in [0, 0.1) is 0 Å². The van der Waals surface area contributed by atoms with Gasteiger partial charge in [-0.3, -0.25) is 0 Å². The molecule has 2 aromatic carbocycles. The Hall–Kier alpha value is 0.110. The van der Waals surface area contributed by atoms with Crippen LogP contribution in [-0.2, 0) is 15.8 Å². The van der Waals surface area contributed by atoms with E-state index >= 15 is 0 Å². The van der Waals surface area contributed by atoms with Gasteiger partial charge in [0.15, 0.2) is 0 Å². The molecule has 6 heteroatoms. The zero-order valence-corrected chi connectivity index (χ0v) is 22.4. The van der Waals surface area contributed by atoms with Crippen molar-refractivity contribution in [2.24, 2.45) is 0 Å². The summed E-state index contributed by atoms with van der Waals surface area (Å²) in [6.45, 7) is 11.1. The SMILES string of the molecule is C[SiH](C)[Zr]([Cl])([Cl])([NH]C(C)(C)C)[CH]1C(c2ccc(Cl)cc2)=Cc2ccccc21. The number of hydrogen-bond donors (Lipinski definition) is 1. The molecular weight excluding hydrogens is 492 g/mol. The van der Waals surface area contributed by atoms with Gasteiger partial charge in [-0.2, -0.15) is 0 Å². The molecule has 2 aromatic rings. The number of allylic oxidation sites excluding steroid dienone is 1. The van der Waals surface area contributed by atoms with Crippen LogP contribution in [0.1, 0.15) is 41.1 Å². The summed E-state index contributed by atoms with van der Waals surface area (Å²) in [6, 6.07) is 16.6.